The first-order chi connectivity index (χ1) is 6.25. The molecule has 1 aromatic carbocycles. The van der Waals surface area contributed by atoms with Crippen LogP contribution in [0.4, 0.5) is 4.39 Å². The Morgan fingerprint density at radius 1 is 1.46 bits per heavy atom. The highest BCUT2D eigenvalue weighted by Crippen LogP contribution is 2.24. The average Bonchev–Trinajstić information content (AvgIpc) is 2.13. The van der Waals surface area contributed by atoms with Gasteiger partial charge in [-0.05, 0) is 35.0 Å². The number of ether oxygens (including phenoxy) is 2. The van der Waals surface area contributed by atoms with Crippen molar-refractivity contribution in [2.75, 3.05) is 13.4 Å². The number of hydrogen-bond acceptors (Lipinski definition) is 2. The summed E-state index contributed by atoms with van der Waals surface area (Å²) in [5.74, 6) is -0.204. The molecule has 72 valence electrons. The summed E-state index contributed by atoms with van der Waals surface area (Å²) in [6.45, 7) is 2.47. The van der Waals surface area contributed by atoms with E-state index in [0.29, 0.717) is 11.1 Å². The third kappa shape index (κ3) is 2.97. The number of benzene rings is 1. The summed E-state index contributed by atoms with van der Waals surface area (Å²) >= 11 is 3.06. The minimum absolute atomic E-state index is 0.0733. The monoisotopic (exact) mass is 248 g/mol. The Kier molecular flexibility index (Phi) is 4.18. The molecule has 0 aromatic heterocycles. The van der Waals surface area contributed by atoms with E-state index in [1.165, 1.54) is 0 Å². The molecule has 0 bridgehead atoms. The molecule has 0 saturated carbocycles. The second-order valence-electron chi connectivity index (χ2n) is 2.31. The molecule has 0 atom stereocenters. The molecule has 0 aliphatic carbocycles. The zero-order valence-corrected chi connectivity index (χ0v) is 8.80. The van der Waals surface area contributed by atoms with Gasteiger partial charge in [0.05, 0.1) is 4.47 Å². The minimum atomic E-state index is -0.401. The predicted octanol–water partition coefficient (Wildman–Crippen LogP) is 2.96. The molecule has 2 nitrogen and oxygen atoms in total. The fourth-order valence-corrected chi connectivity index (χ4v) is 1.13. The van der Waals surface area contributed by atoms with E-state index in [2.05, 4.69) is 15.9 Å². The molecule has 0 fully saturated rings. The fourth-order valence-electron chi connectivity index (χ4n) is 0.784. The molecule has 0 saturated heterocycles. The predicted molar refractivity (Wildman–Crippen MR) is 51.2 cm³/mol. The quantitative estimate of drug-likeness (QED) is 0.603. The van der Waals surface area contributed by atoms with Crippen molar-refractivity contribution in [1.29, 1.82) is 0 Å². The van der Waals surface area contributed by atoms with E-state index in [9.17, 15) is 4.39 Å². The first-order valence-electron chi connectivity index (χ1n) is 3.90. The van der Waals surface area contributed by atoms with Gasteiger partial charge in [0.2, 0.25) is 0 Å². The van der Waals surface area contributed by atoms with Crippen molar-refractivity contribution in [3.8, 4) is 5.75 Å². The zero-order valence-electron chi connectivity index (χ0n) is 7.22. The third-order valence-corrected chi connectivity index (χ3v) is 2.03. The van der Waals surface area contributed by atoms with Crippen LogP contribution in [0.2, 0.25) is 0 Å². The maximum atomic E-state index is 13.2. The lowest BCUT2D eigenvalue weighted by Crippen LogP contribution is -2.03. The summed E-state index contributed by atoms with van der Waals surface area (Å²) in [5, 5.41) is 0. The summed E-state index contributed by atoms with van der Waals surface area (Å²) in [6.07, 6.45) is 0. The Morgan fingerprint density at radius 2 is 2.23 bits per heavy atom. The van der Waals surface area contributed by atoms with E-state index in [0.717, 1.165) is 0 Å². The van der Waals surface area contributed by atoms with Gasteiger partial charge < -0.3 is 9.47 Å². The van der Waals surface area contributed by atoms with Crippen LogP contribution >= 0.6 is 15.9 Å². The summed E-state index contributed by atoms with van der Waals surface area (Å²) in [7, 11) is 0. The van der Waals surface area contributed by atoms with Crippen molar-refractivity contribution >= 4 is 15.9 Å². The van der Waals surface area contributed by atoms with Crippen molar-refractivity contribution in [3.05, 3.63) is 28.5 Å². The first kappa shape index (κ1) is 10.5. The standard InChI is InChI=1S/C9H10BrFO2/c1-2-12-6-13-8-5-3-4-7(10)9(8)11/h3-5H,2,6H2,1H3. The van der Waals surface area contributed by atoms with E-state index in [1.54, 1.807) is 18.2 Å². The van der Waals surface area contributed by atoms with Crippen LogP contribution in [-0.4, -0.2) is 13.4 Å². The van der Waals surface area contributed by atoms with Gasteiger partial charge in [-0.15, -0.1) is 0 Å². The van der Waals surface area contributed by atoms with Gasteiger partial charge in [-0.1, -0.05) is 6.07 Å². The van der Waals surface area contributed by atoms with Crippen LogP contribution in [0.25, 0.3) is 0 Å². The van der Waals surface area contributed by atoms with Gasteiger partial charge in [-0.25, -0.2) is 4.39 Å². The number of halogens is 2. The van der Waals surface area contributed by atoms with Crippen molar-refractivity contribution in [1.82, 2.24) is 0 Å². The van der Waals surface area contributed by atoms with E-state index in [4.69, 9.17) is 9.47 Å². The molecular formula is C9H10BrFO2. The zero-order chi connectivity index (χ0) is 9.68. The van der Waals surface area contributed by atoms with Crippen LogP contribution in [0, 0.1) is 5.82 Å². The van der Waals surface area contributed by atoms with Gasteiger partial charge in [0.1, 0.15) is 0 Å². The van der Waals surface area contributed by atoms with E-state index >= 15 is 0 Å². The lowest BCUT2D eigenvalue weighted by Gasteiger charge is -2.06. The summed E-state index contributed by atoms with van der Waals surface area (Å²) in [4.78, 5) is 0. The van der Waals surface area contributed by atoms with Crippen LogP contribution in [-0.2, 0) is 4.74 Å². The van der Waals surface area contributed by atoms with Crippen LogP contribution in [0.15, 0.2) is 22.7 Å². The van der Waals surface area contributed by atoms with Crippen LogP contribution in [0.5, 0.6) is 5.75 Å². The second-order valence-corrected chi connectivity index (χ2v) is 3.16. The van der Waals surface area contributed by atoms with E-state index < -0.39 is 5.82 Å². The van der Waals surface area contributed by atoms with E-state index in [-0.39, 0.29) is 12.5 Å². The molecular weight excluding hydrogens is 239 g/mol. The van der Waals surface area contributed by atoms with Crippen LogP contribution < -0.4 is 4.74 Å². The molecule has 0 radical (unpaired) electrons. The van der Waals surface area contributed by atoms with Crippen molar-refractivity contribution in [2.45, 2.75) is 6.92 Å². The molecule has 0 N–H and O–H groups in total. The second kappa shape index (κ2) is 5.19. The fraction of sp³-hybridized carbons (Fsp3) is 0.333. The molecule has 0 heterocycles. The third-order valence-electron chi connectivity index (χ3n) is 1.42. The highest BCUT2D eigenvalue weighted by atomic mass is 79.9. The van der Waals surface area contributed by atoms with Gasteiger partial charge in [0.25, 0.3) is 0 Å². The lowest BCUT2D eigenvalue weighted by molar-refractivity contribution is 0.0200. The van der Waals surface area contributed by atoms with Gasteiger partial charge in [-0.2, -0.15) is 0 Å². The lowest BCUT2D eigenvalue weighted by atomic mass is 10.3. The van der Waals surface area contributed by atoms with Crippen molar-refractivity contribution in [3.63, 3.8) is 0 Å². The number of hydrogen-bond donors (Lipinski definition) is 0. The smallest absolute Gasteiger partial charge is 0.189 e. The topological polar surface area (TPSA) is 18.5 Å². The summed E-state index contributed by atoms with van der Waals surface area (Å²) < 4.78 is 23.6. The van der Waals surface area contributed by atoms with Crippen molar-refractivity contribution in [2.24, 2.45) is 0 Å². The molecule has 0 aliphatic heterocycles. The van der Waals surface area contributed by atoms with Gasteiger partial charge in [0, 0.05) is 6.61 Å². The summed E-state index contributed by atoms with van der Waals surface area (Å²) in [6, 6.07) is 4.87. The van der Waals surface area contributed by atoms with Gasteiger partial charge >= 0.3 is 0 Å². The highest BCUT2D eigenvalue weighted by molar-refractivity contribution is 9.10. The van der Waals surface area contributed by atoms with Gasteiger partial charge in [-0.3, -0.25) is 0 Å². The molecule has 13 heavy (non-hydrogen) atoms. The normalized spacial score (nSPS) is 10.1. The summed E-state index contributed by atoms with van der Waals surface area (Å²) in [5.41, 5.74) is 0. The van der Waals surface area contributed by atoms with E-state index in [1.807, 2.05) is 6.92 Å². The largest absolute Gasteiger partial charge is 0.464 e. The van der Waals surface area contributed by atoms with Crippen molar-refractivity contribution < 1.29 is 13.9 Å². The minimum Gasteiger partial charge on any atom is -0.464 e. The number of rotatable bonds is 4. The maximum absolute atomic E-state index is 13.2. The Morgan fingerprint density at radius 3 is 2.92 bits per heavy atom. The average molecular weight is 249 g/mol. The van der Waals surface area contributed by atoms with Crippen LogP contribution in [0.1, 0.15) is 6.92 Å². The molecule has 4 heteroatoms. The maximum Gasteiger partial charge on any atom is 0.189 e. The Labute approximate surface area is 84.8 Å². The SMILES string of the molecule is CCOCOc1cccc(Br)c1F. The Balaban J connectivity index is 2.61. The van der Waals surface area contributed by atoms with Gasteiger partial charge in [0.15, 0.2) is 18.4 Å². The molecule has 0 spiro atoms. The highest BCUT2D eigenvalue weighted by Gasteiger charge is 2.05. The molecule has 0 aliphatic rings. The molecule has 1 rings (SSSR count). The Bertz CT molecular complexity index is 278. The first-order valence-corrected chi connectivity index (χ1v) is 4.69. The molecule has 0 unspecified atom stereocenters. The molecule has 1 aromatic rings. The van der Waals surface area contributed by atoms with Crippen LogP contribution in [0.3, 0.4) is 0 Å². The molecule has 0 amide bonds. The Hall–Kier alpha value is -0.610.